The number of nitrogens with one attached hydrogen (secondary N) is 1. The number of rotatable bonds is 5. The molecule has 0 saturated carbocycles. The fourth-order valence-electron chi connectivity index (χ4n) is 2.41. The van der Waals surface area contributed by atoms with Gasteiger partial charge < -0.3 is 16.0 Å². The standard InChI is InChI=1S/C14H21N3S/c1-11(10-17-8-2-3-9-17)16-13-6-4-12(5-7-13)14(15)18/h4-7,11,16H,2-3,8-10H2,1H3,(H2,15,18). The average Bonchev–Trinajstić information content (AvgIpc) is 2.82. The van der Waals surface area contributed by atoms with Crippen molar-refractivity contribution in [2.75, 3.05) is 25.0 Å². The smallest absolute Gasteiger partial charge is 0.103 e. The lowest BCUT2D eigenvalue weighted by Crippen LogP contribution is -2.32. The Morgan fingerprint density at radius 2 is 1.94 bits per heavy atom. The second-order valence-electron chi connectivity index (χ2n) is 4.99. The van der Waals surface area contributed by atoms with Crippen LogP contribution in [0.2, 0.25) is 0 Å². The minimum Gasteiger partial charge on any atom is -0.389 e. The van der Waals surface area contributed by atoms with Gasteiger partial charge in [0.1, 0.15) is 4.99 Å². The van der Waals surface area contributed by atoms with Gasteiger partial charge in [-0.25, -0.2) is 0 Å². The molecule has 0 aromatic heterocycles. The minimum absolute atomic E-state index is 0.451. The van der Waals surface area contributed by atoms with Crippen molar-refractivity contribution < 1.29 is 0 Å². The number of likely N-dealkylation sites (tertiary alicyclic amines) is 1. The van der Waals surface area contributed by atoms with Crippen molar-refractivity contribution in [2.45, 2.75) is 25.8 Å². The third kappa shape index (κ3) is 3.68. The quantitative estimate of drug-likeness (QED) is 0.799. The third-order valence-corrected chi connectivity index (χ3v) is 3.55. The van der Waals surface area contributed by atoms with Gasteiger partial charge in [0, 0.05) is 23.8 Å². The lowest BCUT2D eigenvalue weighted by Gasteiger charge is -2.22. The van der Waals surface area contributed by atoms with Crippen molar-refractivity contribution in [1.29, 1.82) is 0 Å². The van der Waals surface area contributed by atoms with Crippen LogP contribution in [-0.4, -0.2) is 35.6 Å². The first-order valence-electron chi connectivity index (χ1n) is 6.54. The maximum Gasteiger partial charge on any atom is 0.103 e. The number of hydrogen-bond donors (Lipinski definition) is 2. The van der Waals surface area contributed by atoms with Crippen molar-refractivity contribution in [3.05, 3.63) is 29.8 Å². The van der Waals surface area contributed by atoms with E-state index in [4.69, 9.17) is 18.0 Å². The molecule has 2 rings (SSSR count). The molecule has 1 fully saturated rings. The molecule has 1 unspecified atom stereocenters. The molecule has 0 amide bonds. The van der Waals surface area contributed by atoms with E-state index < -0.39 is 0 Å². The second kappa shape index (κ2) is 6.16. The number of hydrogen-bond acceptors (Lipinski definition) is 3. The highest BCUT2D eigenvalue weighted by Gasteiger charge is 2.14. The summed E-state index contributed by atoms with van der Waals surface area (Å²) in [5.74, 6) is 0. The molecular formula is C14H21N3S. The Bertz CT molecular complexity index is 396. The Balaban J connectivity index is 1.86. The molecule has 4 heteroatoms. The summed E-state index contributed by atoms with van der Waals surface area (Å²) in [5.41, 5.74) is 7.62. The van der Waals surface area contributed by atoms with Crippen LogP contribution in [0.4, 0.5) is 5.69 Å². The van der Waals surface area contributed by atoms with E-state index in [0.717, 1.165) is 17.8 Å². The van der Waals surface area contributed by atoms with Gasteiger partial charge in [0.15, 0.2) is 0 Å². The normalized spacial score (nSPS) is 17.6. The van der Waals surface area contributed by atoms with E-state index in [-0.39, 0.29) is 0 Å². The van der Waals surface area contributed by atoms with Gasteiger partial charge in [0.05, 0.1) is 0 Å². The molecule has 0 bridgehead atoms. The summed E-state index contributed by atoms with van der Waals surface area (Å²) in [5, 5.41) is 3.51. The van der Waals surface area contributed by atoms with Gasteiger partial charge in [-0.05, 0) is 57.1 Å². The molecule has 1 atom stereocenters. The van der Waals surface area contributed by atoms with Crippen molar-refractivity contribution in [3.8, 4) is 0 Å². The van der Waals surface area contributed by atoms with E-state index in [0.29, 0.717) is 11.0 Å². The monoisotopic (exact) mass is 263 g/mol. The molecule has 1 saturated heterocycles. The summed E-state index contributed by atoms with van der Waals surface area (Å²) in [7, 11) is 0. The highest BCUT2D eigenvalue weighted by molar-refractivity contribution is 7.80. The number of benzene rings is 1. The van der Waals surface area contributed by atoms with Gasteiger partial charge in [0.25, 0.3) is 0 Å². The van der Waals surface area contributed by atoms with Crippen molar-refractivity contribution in [1.82, 2.24) is 4.90 Å². The maximum absolute atomic E-state index is 5.58. The fraction of sp³-hybridized carbons (Fsp3) is 0.500. The number of thiocarbonyl (C=S) groups is 1. The van der Waals surface area contributed by atoms with Crippen LogP contribution >= 0.6 is 12.2 Å². The highest BCUT2D eigenvalue weighted by atomic mass is 32.1. The molecule has 3 N–H and O–H groups in total. The molecule has 1 aromatic rings. The Morgan fingerprint density at radius 1 is 1.33 bits per heavy atom. The summed E-state index contributed by atoms with van der Waals surface area (Å²) in [6.07, 6.45) is 2.69. The first kappa shape index (κ1) is 13.3. The van der Waals surface area contributed by atoms with E-state index in [2.05, 4.69) is 17.1 Å². The second-order valence-corrected chi connectivity index (χ2v) is 5.43. The lowest BCUT2D eigenvalue weighted by molar-refractivity contribution is 0.328. The van der Waals surface area contributed by atoms with Crippen LogP contribution in [0.15, 0.2) is 24.3 Å². The van der Waals surface area contributed by atoms with Gasteiger partial charge >= 0.3 is 0 Å². The first-order valence-corrected chi connectivity index (χ1v) is 6.95. The SMILES string of the molecule is CC(CN1CCCC1)Nc1ccc(C(N)=S)cc1. The van der Waals surface area contributed by atoms with Crippen LogP contribution in [0.25, 0.3) is 0 Å². The predicted molar refractivity (Wildman–Crippen MR) is 81.1 cm³/mol. The molecule has 0 aliphatic carbocycles. The van der Waals surface area contributed by atoms with Crippen LogP contribution in [0, 0.1) is 0 Å². The summed E-state index contributed by atoms with van der Waals surface area (Å²) >= 11 is 4.94. The summed E-state index contributed by atoms with van der Waals surface area (Å²) < 4.78 is 0. The molecule has 1 aliphatic rings. The van der Waals surface area contributed by atoms with Crippen molar-refractivity contribution in [2.24, 2.45) is 5.73 Å². The zero-order valence-corrected chi connectivity index (χ0v) is 11.7. The van der Waals surface area contributed by atoms with Crippen LogP contribution in [-0.2, 0) is 0 Å². The maximum atomic E-state index is 5.58. The van der Waals surface area contributed by atoms with Crippen molar-refractivity contribution >= 4 is 22.9 Å². The van der Waals surface area contributed by atoms with Crippen LogP contribution < -0.4 is 11.1 Å². The van der Waals surface area contributed by atoms with E-state index in [9.17, 15) is 0 Å². The van der Waals surface area contributed by atoms with Crippen LogP contribution in [0.5, 0.6) is 0 Å². The molecule has 1 aliphatic heterocycles. The van der Waals surface area contributed by atoms with E-state index >= 15 is 0 Å². The largest absolute Gasteiger partial charge is 0.389 e. The first-order chi connectivity index (χ1) is 8.65. The molecule has 0 spiro atoms. The van der Waals surface area contributed by atoms with E-state index in [1.807, 2.05) is 24.3 Å². The van der Waals surface area contributed by atoms with Gasteiger partial charge in [-0.1, -0.05) is 12.2 Å². The zero-order chi connectivity index (χ0) is 13.0. The Labute approximate surface area is 114 Å². The summed E-state index contributed by atoms with van der Waals surface area (Å²) in [6, 6.07) is 8.46. The van der Waals surface area contributed by atoms with Gasteiger partial charge in [0.2, 0.25) is 0 Å². The Hall–Kier alpha value is -1.13. The number of anilines is 1. The van der Waals surface area contributed by atoms with Gasteiger partial charge in [-0.15, -0.1) is 0 Å². The third-order valence-electron chi connectivity index (χ3n) is 3.31. The molecule has 1 heterocycles. The summed E-state index contributed by atoms with van der Waals surface area (Å²) in [6.45, 7) is 5.82. The molecule has 0 radical (unpaired) electrons. The fourth-order valence-corrected chi connectivity index (χ4v) is 2.55. The average molecular weight is 263 g/mol. The van der Waals surface area contributed by atoms with Crippen molar-refractivity contribution in [3.63, 3.8) is 0 Å². The molecular weight excluding hydrogens is 242 g/mol. The van der Waals surface area contributed by atoms with Crippen LogP contribution in [0.3, 0.4) is 0 Å². The predicted octanol–water partition coefficient (Wildman–Crippen LogP) is 2.22. The van der Waals surface area contributed by atoms with Crippen LogP contribution in [0.1, 0.15) is 25.3 Å². The number of nitrogens with zero attached hydrogens (tertiary/aromatic N) is 1. The molecule has 18 heavy (non-hydrogen) atoms. The van der Waals surface area contributed by atoms with Gasteiger partial charge in [-0.2, -0.15) is 0 Å². The Morgan fingerprint density at radius 3 is 2.50 bits per heavy atom. The molecule has 3 nitrogen and oxygen atoms in total. The molecule has 1 aromatic carbocycles. The van der Waals surface area contributed by atoms with Gasteiger partial charge in [-0.3, -0.25) is 0 Å². The molecule has 98 valence electrons. The minimum atomic E-state index is 0.451. The number of nitrogens with two attached hydrogens (primary N) is 1. The lowest BCUT2D eigenvalue weighted by atomic mass is 10.2. The van der Waals surface area contributed by atoms with E-state index in [1.54, 1.807) is 0 Å². The summed E-state index contributed by atoms with van der Waals surface area (Å²) in [4.78, 5) is 2.97. The zero-order valence-electron chi connectivity index (χ0n) is 10.9. The topological polar surface area (TPSA) is 41.3 Å². The van der Waals surface area contributed by atoms with E-state index in [1.165, 1.54) is 25.9 Å². The highest BCUT2D eigenvalue weighted by Crippen LogP contribution is 2.13. The Kier molecular flexibility index (Phi) is 4.55.